The normalized spacial score (nSPS) is 12.0. The molecule has 0 aliphatic heterocycles. The lowest BCUT2D eigenvalue weighted by atomic mass is 9.88. The highest BCUT2D eigenvalue weighted by Crippen LogP contribution is 2.55. The van der Waals surface area contributed by atoms with Crippen LogP contribution in [0.2, 0.25) is 0 Å². The highest BCUT2D eigenvalue weighted by Gasteiger charge is 2.33. The van der Waals surface area contributed by atoms with Crippen molar-refractivity contribution in [2.24, 2.45) is 0 Å². The van der Waals surface area contributed by atoms with Crippen molar-refractivity contribution in [3.8, 4) is 39.7 Å². The lowest BCUT2D eigenvalue weighted by Crippen LogP contribution is -2.08. The number of para-hydroxylation sites is 1. The number of aryl methyl sites for hydroxylation is 1. The van der Waals surface area contributed by atoms with Crippen LogP contribution in [0.5, 0.6) is 0 Å². The zero-order chi connectivity index (χ0) is 46.4. The Labute approximate surface area is 412 Å². The van der Waals surface area contributed by atoms with Crippen LogP contribution in [0.25, 0.3) is 143 Å². The van der Waals surface area contributed by atoms with Gasteiger partial charge in [0.05, 0.1) is 59.7 Å². The molecule has 5 aromatic heterocycles. The van der Waals surface area contributed by atoms with Crippen LogP contribution < -0.4 is 0 Å². The second kappa shape index (κ2) is 14.7. The summed E-state index contributed by atoms with van der Waals surface area (Å²) in [7, 11) is 0. The minimum atomic E-state index is 0.428. The van der Waals surface area contributed by atoms with Crippen molar-refractivity contribution in [2.45, 2.75) is 6.92 Å². The van der Waals surface area contributed by atoms with Crippen molar-refractivity contribution in [3.05, 3.63) is 211 Å². The number of benzene rings is 10. The molecule has 0 aliphatic carbocycles. The summed E-state index contributed by atoms with van der Waals surface area (Å²) in [5, 5.41) is 23.8. The summed E-state index contributed by atoms with van der Waals surface area (Å²) in [5.74, 6) is 0. The van der Waals surface area contributed by atoms with Crippen LogP contribution in [0.15, 0.2) is 188 Å². The Morgan fingerprint density at radius 3 is 1.46 bits per heavy atom. The molecule has 0 spiro atoms. The first kappa shape index (κ1) is 39.4. The zero-order valence-electron chi connectivity index (χ0n) is 37.4. The third-order valence-corrected chi connectivity index (χ3v) is 18.0. The number of hydrogen-bond acceptors (Lipinski definition) is 4. The summed E-state index contributed by atoms with van der Waals surface area (Å²) in [6, 6.07) is 69.9. The molecule has 0 N–H and O–H groups in total. The fourth-order valence-electron chi connectivity index (χ4n) is 11.5. The van der Waals surface area contributed by atoms with E-state index in [9.17, 15) is 11.8 Å². The van der Waals surface area contributed by atoms with E-state index < -0.39 is 0 Å². The number of nitriles is 1. The standard InChI is InChI=1S/C63H34N4S3/c1-35-25-32-52-47(33-35)46-31-26-41-38-19-9-12-22-49(38)66(57(41)63(46)70-52)60-53(36-15-5-3-6-16-36)48(34-64)56(55(65-2)54(60)37-17-7-4-8-18-37)67-58-42(27-29-44-39-20-10-13-23-50(39)68-61(44)58)43-28-30-45-40-21-11-14-24-51(40)69-62(45)59(43)67/h3-33H,1H3. The molecule has 0 aliphatic rings. The predicted molar refractivity (Wildman–Crippen MR) is 300 cm³/mol. The molecule has 10 aromatic carbocycles. The third kappa shape index (κ3) is 5.26. The monoisotopic (exact) mass is 942 g/mol. The van der Waals surface area contributed by atoms with Crippen molar-refractivity contribution in [1.29, 1.82) is 5.26 Å². The van der Waals surface area contributed by atoms with Gasteiger partial charge in [-0.15, -0.1) is 34.0 Å². The summed E-state index contributed by atoms with van der Waals surface area (Å²) < 4.78 is 11.8. The molecule has 15 aromatic rings. The summed E-state index contributed by atoms with van der Waals surface area (Å²) >= 11 is 5.37. The number of aromatic nitrogens is 2. The molecule has 0 amide bonds. The van der Waals surface area contributed by atoms with E-state index in [1.807, 2.05) is 23.5 Å². The number of hydrogen-bond donors (Lipinski definition) is 0. The van der Waals surface area contributed by atoms with Crippen LogP contribution in [0.4, 0.5) is 5.69 Å². The van der Waals surface area contributed by atoms with Gasteiger partial charge in [-0.2, -0.15) is 5.26 Å². The fraction of sp³-hybridized carbons (Fsp3) is 0.0159. The largest absolute Gasteiger partial charge is 0.315 e. The minimum Gasteiger partial charge on any atom is -0.315 e. The van der Waals surface area contributed by atoms with Crippen molar-refractivity contribution in [1.82, 2.24) is 9.13 Å². The Morgan fingerprint density at radius 2 is 0.886 bits per heavy atom. The van der Waals surface area contributed by atoms with E-state index in [0.717, 1.165) is 91.7 Å². The van der Waals surface area contributed by atoms with E-state index in [0.29, 0.717) is 16.9 Å². The first-order valence-electron chi connectivity index (χ1n) is 23.3. The maximum absolute atomic E-state index is 12.3. The van der Waals surface area contributed by atoms with Gasteiger partial charge in [0.25, 0.3) is 0 Å². The van der Waals surface area contributed by atoms with Gasteiger partial charge in [0.1, 0.15) is 6.07 Å². The van der Waals surface area contributed by atoms with Gasteiger partial charge in [-0.25, -0.2) is 4.85 Å². The average molecular weight is 943 g/mol. The smallest absolute Gasteiger partial charge is 0.221 e. The van der Waals surface area contributed by atoms with Gasteiger partial charge in [0.15, 0.2) is 0 Å². The van der Waals surface area contributed by atoms with Gasteiger partial charge in [0, 0.05) is 79.1 Å². The minimum absolute atomic E-state index is 0.428. The molecule has 4 nitrogen and oxygen atoms in total. The van der Waals surface area contributed by atoms with Crippen LogP contribution in [0, 0.1) is 24.8 Å². The van der Waals surface area contributed by atoms with Crippen LogP contribution >= 0.6 is 34.0 Å². The molecule has 324 valence electrons. The molecular formula is C63H34N4S3. The lowest BCUT2D eigenvalue weighted by Gasteiger charge is -2.26. The summed E-state index contributed by atoms with van der Waals surface area (Å²) in [5.41, 5.74) is 10.9. The van der Waals surface area contributed by atoms with Gasteiger partial charge in [-0.05, 0) is 48.4 Å². The van der Waals surface area contributed by atoms with E-state index in [4.69, 9.17) is 4.85 Å². The summed E-state index contributed by atoms with van der Waals surface area (Å²) in [6.07, 6.45) is 0. The molecule has 0 radical (unpaired) electrons. The second-order valence-electron chi connectivity index (χ2n) is 18.1. The van der Waals surface area contributed by atoms with Crippen molar-refractivity contribution in [2.75, 3.05) is 0 Å². The molecule has 5 heterocycles. The molecule has 7 heteroatoms. The molecular weight excluding hydrogens is 909 g/mol. The number of thiophene rings is 3. The molecule has 70 heavy (non-hydrogen) atoms. The Bertz CT molecular complexity index is 4650. The molecule has 0 saturated heterocycles. The van der Waals surface area contributed by atoms with E-state index >= 15 is 0 Å². The van der Waals surface area contributed by atoms with E-state index in [1.165, 1.54) is 45.9 Å². The highest BCUT2D eigenvalue weighted by atomic mass is 32.1. The van der Waals surface area contributed by atoms with Gasteiger partial charge in [0.2, 0.25) is 5.69 Å². The lowest BCUT2D eigenvalue weighted by molar-refractivity contribution is 1.15. The quantitative estimate of drug-likeness (QED) is 0.162. The SMILES string of the molecule is [C-]#[N+]c1c(-c2ccccc2)c(-n2c3ccccc3c3ccc4c5cc(C)ccc5sc4c32)c(-c2ccccc2)c(C#N)c1-n1c2c(ccc3c4ccccc4sc32)c2ccc3c4ccccc4sc3c21. The van der Waals surface area contributed by atoms with Crippen molar-refractivity contribution >= 4 is 144 Å². The van der Waals surface area contributed by atoms with Crippen molar-refractivity contribution < 1.29 is 0 Å². The average Bonchev–Trinajstić information content (AvgIpc) is 4.23. The molecule has 0 fully saturated rings. The Balaban J connectivity index is 1.23. The highest BCUT2D eigenvalue weighted by molar-refractivity contribution is 7.27. The second-order valence-corrected chi connectivity index (χ2v) is 21.3. The molecule has 0 bridgehead atoms. The van der Waals surface area contributed by atoms with E-state index in [-0.39, 0.29) is 0 Å². The van der Waals surface area contributed by atoms with Crippen LogP contribution in [0.1, 0.15) is 11.1 Å². The first-order chi connectivity index (χ1) is 34.6. The Morgan fingerprint density at radius 1 is 0.429 bits per heavy atom. The predicted octanol–water partition coefficient (Wildman–Crippen LogP) is 19.0. The Hall–Kier alpha value is -8.56. The number of nitrogens with zero attached hydrogens (tertiary/aromatic N) is 4. The van der Waals surface area contributed by atoms with Crippen LogP contribution in [-0.4, -0.2) is 9.13 Å². The molecule has 0 atom stereocenters. The van der Waals surface area contributed by atoms with Crippen LogP contribution in [-0.2, 0) is 0 Å². The van der Waals surface area contributed by atoms with E-state index in [1.54, 1.807) is 22.7 Å². The van der Waals surface area contributed by atoms with Crippen molar-refractivity contribution in [3.63, 3.8) is 0 Å². The topological polar surface area (TPSA) is 38.0 Å². The van der Waals surface area contributed by atoms with Gasteiger partial charge < -0.3 is 9.13 Å². The third-order valence-electron chi connectivity index (χ3n) is 14.4. The Kier molecular flexibility index (Phi) is 8.29. The van der Waals surface area contributed by atoms with Gasteiger partial charge in [-0.1, -0.05) is 163 Å². The fourth-order valence-corrected chi connectivity index (χ4v) is 15.2. The van der Waals surface area contributed by atoms with Gasteiger partial charge in [-0.3, -0.25) is 0 Å². The van der Waals surface area contributed by atoms with Crippen LogP contribution in [0.3, 0.4) is 0 Å². The summed E-state index contributed by atoms with van der Waals surface area (Å²) in [4.78, 5) is 4.72. The molecule has 15 rings (SSSR count). The maximum atomic E-state index is 12.3. The molecule has 0 saturated carbocycles. The van der Waals surface area contributed by atoms with Gasteiger partial charge >= 0.3 is 0 Å². The zero-order valence-corrected chi connectivity index (χ0v) is 39.9. The number of rotatable bonds is 4. The number of fused-ring (bicyclic) bond motifs is 18. The summed E-state index contributed by atoms with van der Waals surface area (Å²) in [6.45, 7) is 11.8. The molecule has 0 unspecified atom stereocenters. The maximum Gasteiger partial charge on any atom is 0.221 e. The first-order valence-corrected chi connectivity index (χ1v) is 25.7. The van der Waals surface area contributed by atoms with E-state index in [2.05, 4.69) is 198 Å².